The molecule has 0 amide bonds. The standard InChI is InChI=1S/C14H10ClFN2/c15-12-5-2-6-18-13(12)9-17-14(18)8-10-3-1-4-11(16)7-10/h1-7,9H,8H2. The summed E-state index contributed by atoms with van der Waals surface area (Å²) in [5, 5.41) is 0.662. The van der Waals surface area contributed by atoms with E-state index in [1.165, 1.54) is 12.1 Å². The van der Waals surface area contributed by atoms with Crippen molar-refractivity contribution >= 4 is 17.1 Å². The van der Waals surface area contributed by atoms with E-state index in [0.29, 0.717) is 11.4 Å². The first-order valence-corrected chi connectivity index (χ1v) is 5.97. The number of aromatic nitrogens is 2. The number of benzene rings is 1. The molecule has 0 atom stereocenters. The number of nitrogens with zero attached hydrogens (tertiary/aromatic N) is 2. The van der Waals surface area contributed by atoms with Gasteiger partial charge in [0.05, 0.1) is 16.7 Å². The van der Waals surface area contributed by atoms with Crippen molar-refractivity contribution in [3.63, 3.8) is 0 Å². The quantitative estimate of drug-likeness (QED) is 0.686. The van der Waals surface area contributed by atoms with Crippen LogP contribution in [0.1, 0.15) is 11.4 Å². The number of halogens is 2. The molecular weight excluding hydrogens is 251 g/mol. The van der Waals surface area contributed by atoms with Gasteiger partial charge in [-0.2, -0.15) is 0 Å². The molecule has 0 fully saturated rings. The van der Waals surface area contributed by atoms with Gasteiger partial charge in [0.2, 0.25) is 0 Å². The first-order chi connectivity index (χ1) is 8.74. The second kappa shape index (κ2) is 4.42. The molecule has 2 nitrogen and oxygen atoms in total. The van der Waals surface area contributed by atoms with Crippen LogP contribution in [0.3, 0.4) is 0 Å². The van der Waals surface area contributed by atoms with Crippen LogP contribution in [0, 0.1) is 5.82 Å². The summed E-state index contributed by atoms with van der Waals surface area (Å²) >= 11 is 6.08. The minimum atomic E-state index is -0.230. The van der Waals surface area contributed by atoms with Gasteiger partial charge in [-0.05, 0) is 29.8 Å². The van der Waals surface area contributed by atoms with Gasteiger partial charge in [0.15, 0.2) is 0 Å². The Morgan fingerprint density at radius 3 is 2.94 bits per heavy atom. The second-order valence-electron chi connectivity index (χ2n) is 4.09. The molecule has 0 aliphatic rings. The molecule has 0 spiro atoms. The van der Waals surface area contributed by atoms with E-state index in [4.69, 9.17) is 11.6 Å². The topological polar surface area (TPSA) is 17.3 Å². The Morgan fingerprint density at radius 2 is 2.11 bits per heavy atom. The number of imidazole rings is 1. The Morgan fingerprint density at radius 1 is 1.22 bits per heavy atom. The molecular formula is C14H10ClFN2. The van der Waals surface area contributed by atoms with Crippen molar-refractivity contribution in [2.75, 3.05) is 0 Å². The fourth-order valence-corrected chi connectivity index (χ4v) is 2.21. The molecule has 3 rings (SSSR count). The number of hydrogen-bond acceptors (Lipinski definition) is 1. The summed E-state index contributed by atoms with van der Waals surface area (Å²) in [6.45, 7) is 0. The lowest BCUT2D eigenvalue weighted by Gasteiger charge is -2.02. The van der Waals surface area contributed by atoms with Crippen molar-refractivity contribution in [3.05, 3.63) is 71.0 Å². The highest BCUT2D eigenvalue weighted by atomic mass is 35.5. The Kier molecular flexibility index (Phi) is 2.76. The maximum atomic E-state index is 13.1. The minimum Gasteiger partial charge on any atom is -0.302 e. The van der Waals surface area contributed by atoms with Crippen LogP contribution in [0.5, 0.6) is 0 Å². The number of pyridine rings is 1. The van der Waals surface area contributed by atoms with Crippen LogP contribution in [0.15, 0.2) is 48.8 Å². The van der Waals surface area contributed by atoms with Gasteiger partial charge >= 0.3 is 0 Å². The first-order valence-electron chi connectivity index (χ1n) is 5.59. The summed E-state index contributed by atoms with van der Waals surface area (Å²) in [4.78, 5) is 4.34. The summed E-state index contributed by atoms with van der Waals surface area (Å²) in [5.74, 6) is 0.615. The Labute approximate surface area is 109 Å². The van der Waals surface area contributed by atoms with Crippen LogP contribution in [0.2, 0.25) is 5.02 Å². The first kappa shape index (κ1) is 11.2. The van der Waals surface area contributed by atoms with E-state index < -0.39 is 0 Å². The van der Waals surface area contributed by atoms with E-state index in [-0.39, 0.29) is 5.82 Å². The zero-order valence-corrected chi connectivity index (χ0v) is 10.2. The maximum Gasteiger partial charge on any atom is 0.123 e. The van der Waals surface area contributed by atoms with E-state index in [2.05, 4.69) is 4.98 Å². The van der Waals surface area contributed by atoms with Gasteiger partial charge in [0.1, 0.15) is 11.6 Å². The van der Waals surface area contributed by atoms with E-state index in [1.807, 2.05) is 28.8 Å². The van der Waals surface area contributed by atoms with Crippen LogP contribution in [0.4, 0.5) is 4.39 Å². The Balaban J connectivity index is 2.03. The minimum absolute atomic E-state index is 0.230. The predicted octanol–water partition coefficient (Wildman–Crippen LogP) is 3.72. The summed E-state index contributed by atoms with van der Waals surface area (Å²) in [6.07, 6.45) is 4.21. The largest absolute Gasteiger partial charge is 0.302 e. The van der Waals surface area contributed by atoms with E-state index >= 15 is 0 Å². The molecule has 18 heavy (non-hydrogen) atoms. The van der Waals surface area contributed by atoms with Crippen LogP contribution in [-0.4, -0.2) is 9.38 Å². The highest BCUT2D eigenvalue weighted by Crippen LogP contribution is 2.19. The van der Waals surface area contributed by atoms with Crippen LogP contribution in [-0.2, 0) is 6.42 Å². The van der Waals surface area contributed by atoms with Gasteiger partial charge in [-0.1, -0.05) is 23.7 Å². The third-order valence-electron chi connectivity index (χ3n) is 2.85. The fraction of sp³-hybridized carbons (Fsp3) is 0.0714. The van der Waals surface area contributed by atoms with Crippen molar-refractivity contribution in [1.82, 2.24) is 9.38 Å². The van der Waals surface area contributed by atoms with Gasteiger partial charge in [0.25, 0.3) is 0 Å². The zero-order chi connectivity index (χ0) is 12.5. The van der Waals surface area contributed by atoms with Crippen molar-refractivity contribution in [2.24, 2.45) is 0 Å². The molecule has 2 aromatic heterocycles. The highest BCUT2D eigenvalue weighted by molar-refractivity contribution is 6.33. The molecule has 1 aromatic carbocycles. The second-order valence-corrected chi connectivity index (χ2v) is 4.50. The van der Waals surface area contributed by atoms with Gasteiger partial charge in [0, 0.05) is 12.6 Å². The van der Waals surface area contributed by atoms with Crippen LogP contribution >= 0.6 is 11.6 Å². The predicted molar refractivity (Wildman–Crippen MR) is 69.4 cm³/mol. The smallest absolute Gasteiger partial charge is 0.123 e. The lowest BCUT2D eigenvalue weighted by Crippen LogP contribution is -1.96. The molecule has 90 valence electrons. The normalized spacial score (nSPS) is 11.0. The summed E-state index contributed by atoms with van der Waals surface area (Å²) in [6, 6.07) is 10.2. The molecule has 0 N–H and O–H groups in total. The molecule has 0 aliphatic heterocycles. The monoisotopic (exact) mass is 260 g/mol. The summed E-state index contributed by atoms with van der Waals surface area (Å²) < 4.78 is 15.0. The molecule has 3 aromatic rings. The van der Waals surface area contributed by atoms with E-state index in [0.717, 1.165) is 16.9 Å². The third kappa shape index (κ3) is 1.97. The lowest BCUT2D eigenvalue weighted by atomic mass is 10.1. The average molecular weight is 261 g/mol. The molecule has 0 unspecified atom stereocenters. The summed E-state index contributed by atoms with van der Waals surface area (Å²) in [5.41, 5.74) is 1.76. The van der Waals surface area contributed by atoms with Crippen molar-refractivity contribution in [2.45, 2.75) is 6.42 Å². The Bertz CT molecular complexity index is 706. The molecule has 0 radical (unpaired) electrons. The van der Waals surface area contributed by atoms with Crippen molar-refractivity contribution in [3.8, 4) is 0 Å². The molecule has 0 bridgehead atoms. The third-order valence-corrected chi connectivity index (χ3v) is 3.17. The SMILES string of the molecule is Fc1cccc(Cc2ncc3c(Cl)cccn23)c1. The average Bonchev–Trinajstić information content (AvgIpc) is 2.74. The molecule has 0 aliphatic carbocycles. The Hall–Kier alpha value is -1.87. The van der Waals surface area contributed by atoms with Gasteiger partial charge < -0.3 is 4.40 Å². The summed E-state index contributed by atoms with van der Waals surface area (Å²) in [7, 11) is 0. The van der Waals surface area contributed by atoms with Gasteiger partial charge in [-0.25, -0.2) is 9.37 Å². The van der Waals surface area contributed by atoms with Crippen LogP contribution < -0.4 is 0 Å². The highest BCUT2D eigenvalue weighted by Gasteiger charge is 2.07. The molecule has 2 heterocycles. The number of rotatable bonds is 2. The van der Waals surface area contributed by atoms with Crippen molar-refractivity contribution < 1.29 is 4.39 Å². The fourth-order valence-electron chi connectivity index (χ4n) is 2.00. The van der Waals surface area contributed by atoms with Crippen LogP contribution in [0.25, 0.3) is 5.52 Å². The van der Waals surface area contributed by atoms with E-state index in [9.17, 15) is 4.39 Å². The van der Waals surface area contributed by atoms with E-state index in [1.54, 1.807) is 12.3 Å². The number of hydrogen-bond donors (Lipinski definition) is 0. The molecule has 4 heteroatoms. The zero-order valence-electron chi connectivity index (χ0n) is 9.48. The lowest BCUT2D eigenvalue weighted by molar-refractivity contribution is 0.625. The number of fused-ring (bicyclic) bond motifs is 1. The maximum absolute atomic E-state index is 13.1. The van der Waals surface area contributed by atoms with Gasteiger partial charge in [-0.3, -0.25) is 0 Å². The van der Waals surface area contributed by atoms with Gasteiger partial charge in [-0.15, -0.1) is 0 Å². The van der Waals surface area contributed by atoms with Crippen molar-refractivity contribution in [1.29, 1.82) is 0 Å². The molecule has 0 saturated heterocycles. The molecule has 0 saturated carbocycles.